The number of hydrogen-bond donors (Lipinski definition) is 1. The van der Waals surface area contributed by atoms with Gasteiger partial charge in [0.2, 0.25) is 0 Å². The molecule has 6 heteroatoms. The molecule has 0 unspecified atom stereocenters. The lowest BCUT2D eigenvalue weighted by molar-refractivity contribution is -0.228. The Morgan fingerprint density at radius 2 is 1.40 bits per heavy atom. The summed E-state index contributed by atoms with van der Waals surface area (Å²) in [6, 6.07) is 24.1. The predicted octanol–water partition coefficient (Wildman–Crippen LogP) is 5.68. The van der Waals surface area contributed by atoms with Crippen LogP contribution in [0, 0.1) is 13.8 Å². The number of benzene rings is 3. The molecule has 1 aliphatic rings. The van der Waals surface area contributed by atoms with Crippen LogP contribution in [0.5, 0.6) is 5.75 Å². The van der Waals surface area contributed by atoms with E-state index < -0.39 is 24.4 Å². The van der Waals surface area contributed by atoms with Crippen molar-refractivity contribution < 1.29 is 24.1 Å². The minimum atomic E-state index is -0.816. The van der Waals surface area contributed by atoms with E-state index in [1.54, 1.807) is 18.9 Å². The van der Waals surface area contributed by atoms with Gasteiger partial charge in [-0.3, -0.25) is 0 Å². The molecule has 3 aromatic rings. The molecular weight excluding hydrogens is 460 g/mol. The highest BCUT2D eigenvalue weighted by Crippen LogP contribution is 2.39. The fourth-order valence-electron chi connectivity index (χ4n) is 4.23. The fourth-order valence-corrected chi connectivity index (χ4v) is 5.57. The molecule has 1 heterocycles. The van der Waals surface area contributed by atoms with Crippen molar-refractivity contribution in [2.75, 3.05) is 7.11 Å². The summed E-state index contributed by atoms with van der Waals surface area (Å²) in [6.45, 7) is 6.86. The van der Waals surface area contributed by atoms with E-state index in [-0.39, 0.29) is 5.44 Å². The Morgan fingerprint density at radius 3 is 2.03 bits per heavy atom. The maximum absolute atomic E-state index is 11.1. The molecule has 5 atom stereocenters. The molecule has 0 saturated carbocycles. The quantitative estimate of drug-likeness (QED) is 0.413. The minimum absolute atomic E-state index is 0.335. The lowest BCUT2D eigenvalue weighted by Gasteiger charge is -2.43. The lowest BCUT2D eigenvalue weighted by atomic mass is 10.00. The number of aliphatic hydroxyl groups excluding tert-OH is 1. The van der Waals surface area contributed by atoms with Crippen LogP contribution >= 0.6 is 11.8 Å². The van der Waals surface area contributed by atoms with E-state index in [4.69, 9.17) is 18.9 Å². The first-order valence-electron chi connectivity index (χ1n) is 11.9. The third-order valence-electron chi connectivity index (χ3n) is 6.29. The summed E-state index contributed by atoms with van der Waals surface area (Å²) >= 11 is 1.64. The molecule has 1 saturated heterocycles. The first-order valence-corrected chi connectivity index (χ1v) is 12.8. The lowest BCUT2D eigenvalue weighted by Crippen LogP contribution is -2.57. The van der Waals surface area contributed by atoms with Gasteiger partial charge >= 0.3 is 0 Å². The summed E-state index contributed by atoms with van der Waals surface area (Å²) < 4.78 is 24.4. The molecule has 0 spiro atoms. The Kier molecular flexibility index (Phi) is 8.87. The zero-order chi connectivity index (χ0) is 24.8. The normalized spacial score (nSPS) is 24.3. The Hall–Kier alpha value is -2.35. The van der Waals surface area contributed by atoms with E-state index in [2.05, 4.69) is 32.0 Å². The average Bonchev–Trinajstić information content (AvgIpc) is 2.87. The summed E-state index contributed by atoms with van der Waals surface area (Å²) in [5.74, 6) is 0.794. The number of methoxy groups -OCH3 is 1. The second-order valence-corrected chi connectivity index (χ2v) is 10.0. The topological polar surface area (TPSA) is 57.2 Å². The van der Waals surface area contributed by atoms with Crippen LogP contribution in [0.4, 0.5) is 0 Å². The molecule has 1 fully saturated rings. The number of ether oxygens (including phenoxy) is 4. The summed E-state index contributed by atoms with van der Waals surface area (Å²) in [5.41, 5.74) is 4.10. The molecule has 0 aromatic heterocycles. The molecule has 1 aliphatic heterocycles. The average molecular weight is 495 g/mol. The number of aryl methyl sites for hydroxylation is 2. The fraction of sp³-hybridized carbons (Fsp3) is 0.379. The Balaban J connectivity index is 1.57. The molecule has 5 nitrogen and oxygen atoms in total. The molecule has 186 valence electrons. The van der Waals surface area contributed by atoms with Gasteiger partial charge in [-0.05, 0) is 55.2 Å². The number of thioether (sulfide) groups is 1. The van der Waals surface area contributed by atoms with Gasteiger partial charge in [-0.25, -0.2) is 0 Å². The second kappa shape index (κ2) is 12.1. The van der Waals surface area contributed by atoms with Gasteiger partial charge in [0.15, 0.2) is 0 Å². The van der Waals surface area contributed by atoms with Gasteiger partial charge in [0, 0.05) is 4.90 Å². The van der Waals surface area contributed by atoms with E-state index in [0.29, 0.717) is 13.2 Å². The third kappa shape index (κ3) is 6.46. The van der Waals surface area contributed by atoms with E-state index >= 15 is 0 Å². The van der Waals surface area contributed by atoms with Crippen LogP contribution in [-0.2, 0) is 27.4 Å². The van der Waals surface area contributed by atoms with Crippen molar-refractivity contribution in [1.82, 2.24) is 0 Å². The smallest absolute Gasteiger partial charge is 0.136 e. The highest BCUT2D eigenvalue weighted by molar-refractivity contribution is 8.00. The number of aliphatic hydroxyl groups is 1. The summed E-state index contributed by atoms with van der Waals surface area (Å²) in [6.07, 6.45) is -2.23. The highest BCUT2D eigenvalue weighted by atomic mass is 32.2. The largest absolute Gasteiger partial charge is 0.497 e. The molecule has 0 aliphatic carbocycles. The van der Waals surface area contributed by atoms with Gasteiger partial charge in [0.1, 0.15) is 29.5 Å². The van der Waals surface area contributed by atoms with Crippen molar-refractivity contribution in [3.05, 3.63) is 95.1 Å². The van der Waals surface area contributed by atoms with Crippen LogP contribution in [0.3, 0.4) is 0 Å². The maximum atomic E-state index is 11.1. The number of hydrogen-bond acceptors (Lipinski definition) is 6. The monoisotopic (exact) mass is 494 g/mol. The van der Waals surface area contributed by atoms with Crippen LogP contribution in [0.1, 0.15) is 29.2 Å². The summed E-state index contributed by atoms with van der Waals surface area (Å²) in [7, 11) is 1.65. The first-order chi connectivity index (χ1) is 17.0. The summed E-state index contributed by atoms with van der Waals surface area (Å²) in [4.78, 5) is 1.17. The van der Waals surface area contributed by atoms with E-state index in [9.17, 15) is 5.11 Å². The SMILES string of the molecule is COc1ccc(CO[C@@H]2[C@H](O)[C@H](C)O[C@H](Sc3c(C)cccc3C)[C@H]2OCc2ccccc2)cc1. The molecule has 35 heavy (non-hydrogen) atoms. The van der Waals surface area contributed by atoms with Crippen LogP contribution in [0.15, 0.2) is 77.7 Å². The van der Waals surface area contributed by atoms with Gasteiger partial charge < -0.3 is 24.1 Å². The number of rotatable bonds is 9. The second-order valence-electron chi connectivity index (χ2n) is 8.92. The van der Waals surface area contributed by atoms with Gasteiger partial charge in [-0.1, -0.05) is 72.4 Å². The zero-order valence-corrected chi connectivity index (χ0v) is 21.5. The van der Waals surface area contributed by atoms with E-state index in [0.717, 1.165) is 16.9 Å². The van der Waals surface area contributed by atoms with Gasteiger partial charge in [-0.15, -0.1) is 0 Å². The minimum Gasteiger partial charge on any atom is -0.497 e. The maximum Gasteiger partial charge on any atom is 0.136 e. The van der Waals surface area contributed by atoms with Crippen LogP contribution < -0.4 is 4.74 Å². The molecular formula is C29H34O5S. The zero-order valence-electron chi connectivity index (χ0n) is 20.7. The Morgan fingerprint density at radius 1 is 0.800 bits per heavy atom. The molecule has 4 rings (SSSR count). The third-order valence-corrected chi connectivity index (χ3v) is 7.78. The standard InChI is InChI=1S/C29H34O5S/c1-19-9-8-10-20(2)28(19)35-29-27(33-17-22-11-6-5-7-12-22)26(25(30)21(3)34-29)32-18-23-13-15-24(31-4)16-14-23/h5-16,21,25-27,29-30H,17-18H2,1-4H3/t21-,25+,26+,27-,29+/m0/s1. The molecule has 3 aromatic carbocycles. The van der Waals surface area contributed by atoms with Gasteiger partial charge in [-0.2, -0.15) is 0 Å². The van der Waals surface area contributed by atoms with Crippen LogP contribution in [0.2, 0.25) is 0 Å². The van der Waals surface area contributed by atoms with Gasteiger partial charge in [0.25, 0.3) is 0 Å². The molecule has 0 amide bonds. The van der Waals surface area contributed by atoms with Crippen molar-refractivity contribution in [3.63, 3.8) is 0 Å². The van der Waals surface area contributed by atoms with Crippen molar-refractivity contribution >= 4 is 11.8 Å². The van der Waals surface area contributed by atoms with Crippen molar-refractivity contribution in [2.24, 2.45) is 0 Å². The van der Waals surface area contributed by atoms with Gasteiger partial charge in [0.05, 0.1) is 26.4 Å². The first kappa shape index (κ1) is 25.7. The van der Waals surface area contributed by atoms with Crippen molar-refractivity contribution in [1.29, 1.82) is 0 Å². The van der Waals surface area contributed by atoms with Crippen LogP contribution in [-0.4, -0.2) is 42.1 Å². The molecule has 1 N–H and O–H groups in total. The van der Waals surface area contributed by atoms with Crippen molar-refractivity contribution in [2.45, 2.75) is 68.7 Å². The Labute approximate surface area is 212 Å². The van der Waals surface area contributed by atoms with Crippen LogP contribution in [0.25, 0.3) is 0 Å². The molecule has 0 bridgehead atoms. The van der Waals surface area contributed by atoms with Crippen molar-refractivity contribution in [3.8, 4) is 5.75 Å². The summed E-state index contributed by atoms with van der Waals surface area (Å²) in [5, 5.41) is 11.1. The predicted molar refractivity (Wildman–Crippen MR) is 139 cm³/mol. The van der Waals surface area contributed by atoms with E-state index in [1.165, 1.54) is 16.0 Å². The highest BCUT2D eigenvalue weighted by Gasteiger charge is 2.46. The molecule has 0 radical (unpaired) electrons. The Bertz CT molecular complexity index is 1050. The van der Waals surface area contributed by atoms with E-state index in [1.807, 2.05) is 61.5 Å².